The molecule has 5 heteroatoms. The zero-order valence-electron chi connectivity index (χ0n) is 11.2. The fourth-order valence-corrected chi connectivity index (χ4v) is 2.23. The van der Waals surface area contributed by atoms with Crippen molar-refractivity contribution in [2.75, 3.05) is 6.54 Å². The summed E-state index contributed by atoms with van der Waals surface area (Å²) in [6.07, 6.45) is 2.02. The highest BCUT2D eigenvalue weighted by atomic mass is 35.5. The molecule has 1 aromatic carbocycles. The summed E-state index contributed by atoms with van der Waals surface area (Å²) < 4.78 is 13.4. The average Bonchev–Trinajstić information content (AvgIpc) is 2.35. The summed E-state index contributed by atoms with van der Waals surface area (Å²) in [5.74, 6) is -0.535. The van der Waals surface area contributed by atoms with Crippen molar-refractivity contribution in [1.29, 1.82) is 0 Å². The molecule has 1 fully saturated rings. The lowest BCUT2D eigenvalue weighted by Gasteiger charge is -2.30. The number of carbonyl (C=O) groups excluding carboxylic acids is 1. The molecular weight excluding hydrogens is 267 g/mol. The predicted octanol–water partition coefficient (Wildman–Crippen LogP) is 2.43. The lowest BCUT2D eigenvalue weighted by Crippen LogP contribution is -2.51. The fraction of sp³-hybridized carbons (Fsp3) is 0.500. The highest BCUT2D eigenvalue weighted by Gasteiger charge is 2.22. The molecule has 0 saturated carbocycles. The van der Waals surface area contributed by atoms with Crippen LogP contribution >= 0.6 is 12.4 Å². The molecule has 0 aromatic heterocycles. The van der Waals surface area contributed by atoms with Gasteiger partial charge in [0.2, 0.25) is 0 Å². The van der Waals surface area contributed by atoms with E-state index in [4.69, 9.17) is 0 Å². The third kappa shape index (κ3) is 3.91. The Labute approximate surface area is 119 Å². The number of nitrogens with one attached hydrogen (secondary N) is 2. The molecule has 1 saturated heterocycles. The van der Waals surface area contributed by atoms with E-state index in [9.17, 15) is 9.18 Å². The van der Waals surface area contributed by atoms with Crippen LogP contribution in [-0.4, -0.2) is 24.5 Å². The summed E-state index contributed by atoms with van der Waals surface area (Å²) in [6, 6.07) is 4.97. The summed E-state index contributed by atoms with van der Waals surface area (Å²) in [5, 5.41) is 6.28. The van der Waals surface area contributed by atoms with E-state index in [0.717, 1.165) is 19.4 Å². The van der Waals surface area contributed by atoms with Crippen molar-refractivity contribution in [3.63, 3.8) is 0 Å². The normalized spacial score (nSPS) is 22.5. The number of halogens is 2. The van der Waals surface area contributed by atoms with E-state index >= 15 is 0 Å². The van der Waals surface area contributed by atoms with Crippen LogP contribution in [0.25, 0.3) is 0 Å². The first kappa shape index (κ1) is 15.9. The van der Waals surface area contributed by atoms with Gasteiger partial charge in [-0.2, -0.15) is 0 Å². The molecule has 0 bridgehead atoms. The van der Waals surface area contributed by atoms with Gasteiger partial charge < -0.3 is 10.6 Å². The maximum Gasteiger partial charge on any atom is 0.251 e. The fourth-order valence-electron chi connectivity index (χ4n) is 2.23. The molecule has 0 spiro atoms. The Morgan fingerprint density at radius 1 is 1.47 bits per heavy atom. The zero-order valence-corrected chi connectivity index (χ0v) is 12.0. The van der Waals surface area contributed by atoms with Gasteiger partial charge in [0, 0.05) is 17.6 Å². The molecule has 0 aliphatic carbocycles. The van der Waals surface area contributed by atoms with Crippen LogP contribution in [-0.2, 0) is 0 Å². The van der Waals surface area contributed by atoms with Gasteiger partial charge in [-0.15, -0.1) is 12.4 Å². The van der Waals surface area contributed by atoms with Crippen LogP contribution in [0.3, 0.4) is 0 Å². The molecule has 106 valence electrons. The van der Waals surface area contributed by atoms with Crippen molar-refractivity contribution in [2.24, 2.45) is 0 Å². The van der Waals surface area contributed by atoms with Gasteiger partial charge in [0.15, 0.2) is 0 Å². The number of amides is 1. The molecule has 3 nitrogen and oxygen atoms in total. The number of rotatable bonds is 2. The SMILES string of the molecule is Cc1ccc(C(=O)NC2CCCNC2C)cc1F.Cl. The molecule has 1 aromatic rings. The highest BCUT2D eigenvalue weighted by molar-refractivity contribution is 5.94. The first-order chi connectivity index (χ1) is 8.58. The monoisotopic (exact) mass is 286 g/mol. The summed E-state index contributed by atoms with van der Waals surface area (Å²) >= 11 is 0. The van der Waals surface area contributed by atoms with E-state index in [1.54, 1.807) is 19.1 Å². The Balaban J connectivity index is 0.00000180. The van der Waals surface area contributed by atoms with E-state index in [2.05, 4.69) is 17.6 Å². The topological polar surface area (TPSA) is 41.1 Å². The molecule has 2 N–H and O–H groups in total. The van der Waals surface area contributed by atoms with Crippen molar-refractivity contribution >= 4 is 18.3 Å². The van der Waals surface area contributed by atoms with Crippen molar-refractivity contribution in [3.8, 4) is 0 Å². The number of hydrogen-bond acceptors (Lipinski definition) is 2. The summed E-state index contributed by atoms with van der Waals surface area (Å²) in [6.45, 7) is 4.73. The van der Waals surface area contributed by atoms with Crippen LogP contribution in [0.1, 0.15) is 35.7 Å². The van der Waals surface area contributed by atoms with E-state index in [1.807, 2.05) is 0 Å². The molecule has 0 radical (unpaired) electrons. The van der Waals surface area contributed by atoms with Crippen LogP contribution < -0.4 is 10.6 Å². The summed E-state index contributed by atoms with van der Waals surface area (Å²) in [5.41, 5.74) is 0.940. The van der Waals surface area contributed by atoms with Gasteiger partial charge in [0.05, 0.1) is 0 Å². The average molecular weight is 287 g/mol. The lowest BCUT2D eigenvalue weighted by molar-refractivity contribution is 0.0919. The van der Waals surface area contributed by atoms with Crippen LogP contribution in [0.2, 0.25) is 0 Å². The Hall–Kier alpha value is -1.13. The Kier molecular flexibility index (Phi) is 5.76. The quantitative estimate of drug-likeness (QED) is 0.877. The van der Waals surface area contributed by atoms with Crippen molar-refractivity contribution in [3.05, 3.63) is 35.1 Å². The van der Waals surface area contributed by atoms with Gasteiger partial charge >= 0.3 is 0 Å². The maximum atomic E-state index is 13.4. The van der Waals surface area contributed by atoms with Crippen LogP contribution in [0.4, 0.5) is 4.39 Å². The number of hydrogen-bond donors (Lipinski definition) is 2. The Morgan fingerprint density at radius 3 is 2.84 bits per heavy atom. The molecule has 1 aliphatic rings. The van der Waals surface area contributed by atoms with Gasteiger partial charge in [-0.25, -0.2) is 4.39 Å². The third-order valence-corrected chi connectivity index (χ3v) is 3.51. The molecule has 19 heavy (non-hydrogen) atoms. The van der Waals surface area contributed by atoms with Crippen molar-refractivity contribution < 1.29 is 9.18 Å². The Bertz CT molecular complexity index is 453. The smallest absolute Gasteiger partial charge is 0.251 e. The molecule has 2 rings (SSSR count). The van der Waals surface area contributed by atoms with Gasteiger partial charge in [0.25, 0.3) is 5.91 Å². The second-order valence-corrected chi connectivity index (χ2v) is 4.93. The van der Waals surface area contributed by atoms with Crippen LogP contribution in [0.15, 0.2) is 18.2 Å². The second-order valence-electron chi connectivity index (χ2n) is 4.93. The highest BCUT2D eigenvalue weighted by Crippen LogP contribution is 2.12. The van der Waals surface area contributed by atoms with E-state index in [0.29, 0.717) is 11.1 Å². The number of piperidine rings is 1. The minimum atomic E-state index is -0.336. The summed E-state index contributed by atoms with van der Waals surface area (Å²) in [4.78, 5) is 12.0. The zero-order chi connectivity index (χ0) is 13.1. The molecule has 2 atom stereocenters. The van der Waals surface area contributed by atoms with Gasteiger partial charge in [-0.05, 0) is 50.9 Å². The van der Waals surface area contributed by atoms with Crippen LogP contribution in [0, 0.1) is 12.7 Å². The van der Waals surface area contributed by atoms with E-state index < -0.39 is 0 Å². The molecule has 1 aliphatic heterocycles. The molecule has 1 amide bonds. The lowest BCUT2D eigenvalue weighted by atomic mass is 9.99. The molecule has 1 heterocycles. The standard InChI is InChI=1S/C14H19FN2O.ClH/c1-9-5-6-11(8-12(9)15)14(18)17-13-4-3-7-16-10(13)2;/h5-6,8,10,13,16H,3-4,7H2,1-2H3,(H,17,18);1H. The number of aryl methyl sites for hydroxylation is 1. The van der Waals surface area contributed by atoms with Gasteiger partial charge in [-0.3, -0.25) is 4.79 Å². The predicted molar refractivity (Wildman–Crippen MR) is 76.3 cm³/mol. The Morgan fingerprint density at radius 2 is 2.21 bits per heavy atom. The van der Waals surface area contributed by atoms with Gasteiger partial charge in [0.1, 0.15) is 5.82 Å². The van der Waals surface area contributed by atoms with Crippen molar-refractivity contribution in [2.45, 2.75) is 38.8 Å². The first-order valence-corrected chi connectivity index (χ1v) is 6.38. The third-order valence-electron chi connectivity index (χ3n) is 3.51. The van der Waals surface area contributed by atoms with Crippen LogP contribution in [0.5, 0.6) is 0 Å². The number of benzene rings is 1. The largest absolute Gasteiger partial charge is 0.348 e. The maximum absolute atomic E-state index is 13.4. The van der Waals surface area contributed by atoms with Gasteiger partial charge in [-0.1, -0.05) is 6.07 Å². The summed E-state index contributed by atoms with van der Waals surface area (Å²) in [7, 11) is 0. The first-order valence-electron chi connectivity index (χ1n) is 6.38. The number of carbonyl (C=O) groups is 1. The minimum absolute atomic E-state index is 0. The van der Waals surface area contributed by atoms with E-state index in [1.165, 1.54) is 6.07 Å². The minimum Gasteiger partial charge on any atom is -0.348 e. The molecule has 2 unspecified atom stereocenters. The van der Waals surface area contributed by atoms with E-state index in [-0.39, 0.29) is 36.2 Å². The second kappa shape index (κ2) is 6.87. The van der Waals surface area contributed by atoms with Crippen molar-refractivity contribution in [1.82, 2.24) is 10.6 Å². The molecular formula is C14H20ClFN2O.